The van der Waals surface area contributed by atoms with Crippen LogP contribution in [0.4, 0.5) is 0 Å². The summed E-state index contributed by atoms with van der Waals surface area (Å²) >= 11 is 9.25. The summed E-state index contributed by atoms with van der Waals surface area (Å²) in [6.07, 6.45) is 1.25. The van der Waals surface area contributed by atoms with Crippen LogP contribution in [0.3, 0.4) is 0 Å². The first-order valence-electron chi connectivity index (χ1n) is 5.44. The summed E-state index contributed by atoms with van der Waals surface area (Å²) < 4.78 is 22.0. The zero-order valence-corrected chi connectivity index (χ0v) is 13.5. The molecule has 0 radical (unpaired) electrons. The minimum atomic E-state index is -3.42. The monoisotopic (exact) mass is 376 g/mol. The maximum Gasteiger partial charge on any atom is 0.276 e. The average molecular weight is 378 g/mol. The van der Waals surface area contributed by atoms with E-state index in [1.807, 2.05) is 6.07 Å². The lowest BCUT2D eigenvalue weighted by Gasteiger charge is -2.37. The van der Waals surface area contributed by atoms with Crippen molar-refractivity contribution < 1.29 is 13.9 Å². The van der Waals surface area contributed by atoms with Gasteiger partial charge in [-0.1, -0.05) is 22.4 Å². The van der Waals surface area contributed by atoms with Gasteiger partial charge in [-0.2, -0.15) is 5.26 Å². The van der Waals surface area contributed by atoms with Crippen LogP contribution >= 0.6 is 38.3 Å². The van der Waals surface area contributed by atoms with Gasteiger partial charge < -0.3 is 0 Å². The Balaban J connectivity index is 2.51. The molecule has 0 spiro atoms. The highest BCUT2D eigenvalue weighted by Crippen LogP contribution is 2.60. The minimum absolute atomic E-state index is 0.0443. The fourth-order valence-electron chi connectivity index (χ4n) is 1.86. The molecule has 2 rings (SSSR count). The molecule has 8 heteroatoms. The van der Waals surface area contributed by atoms with Crippen molar-refractivity contribution in [1.29, 1.82) is 5.26 Å². The Bertz CT molecular complexity index is 669. The molecule has 1 aromatic carbocycles. The summed E-state index contributed by atoms with van der Waals surface area (Å²) in [6.45, 7) is 1.59. The van der Waals surface area contributed by atoms with Crippen molar-refractivity contribution in [2.24, 2.45) is 0 Å². The lowest BCUT2D eigenvalue weighted by molar-refractivity contribution is 0.0870. The molecule has 0 unspecified atom stereocenters. The third-order valence-electron chi connectivity index (χ3n) is 2.80. The quantitative estimate of drug-likeness (QED) is 0.761. The van der Waals surface area contributed by atoms with E-state index in [0.717, 1.165) is 4.31 Å². The smallest absolute Gasteiger partial charge is 0.276 e. The van der Waals surface area contributed by atoms with Crippen LogP contribution in [0.2, 0.25) is 5.02 Å². The number of rotatable bonds is 2. The van der Waals surface area contributed by atoms with E-state index in [1.54, 1.807) is 13.0 Å². The van der Waals surface area contributed by atoms with Gasteiger partial charge in [0.25, 0.3) is 5.91 Å². The third-order valence-corrected chi connectivity index (χ3v) is 5.92. The van der Waals surface area contributed by atoms with E-state index in [1.165, 1.54) is 12.1 Å². The molecule has 0 bridgehead atoms. The molecule has 5 nitrogen and oxygen atoms in total. The lowest BCUT2D eigenvalue weighted by atomic mass is 10.2. The molecular weight excluding hydrogens is 368 g/mol. The van der Waals surface area contributed by atoms with Crippen LogP contribution in [0.5, 0.6) is 0 Å². The highest BCUT2D eigenvalue weighted by Gasteiger charge is 2.43. The molecule has 1 aliphatic heterocycles. The van der Waals surface area contributed by atoms with Gasteiger partial charge in [-0.25, -0.2) is 4.31 Å². The fraction of sp³-hybridized carbons (Fsp3) is 0.167. The van der Waals surface area contributed by atoms with Crippen LogP contribution in [-0.4, -0.2) is 25.9 Å². The van der Waals surface area contributed by atoms with E-state index in [2.05, 4.69) is 15.9 Å². The van der Waals surface area contributed by atoms with Gasteiger partial charge in [0.15, 0.2) is 0 Å². The molecule has 0 aromatic heterocycles. The topological polar surface area (TPSA) is 84.6 Å². The third kappa shape index (κ3) is 2.34. The number of carbonyl (C=O) groups excluding carboxylic acids is 1. The first kappa shape index (κ1) is 15.4. The second-order valence-corrected chi connectivity index (χ2v) is 7.37. The van der Waals surface area contributed by atoms with Crippen molar-refractivity contribution >= 4 is 44.2 Å². The summed E-state index contributed by atoms with van der Waals surface area (Å²) in [6, 6.07) is 4.86. The summed E-state index contributed by atoms with van der Waals surface area (Å²) in [5.41, 5.74) is 0.634. The number of hydrogen-bond donors (Lipinski definition) is 2. The van der Waals surface area contributed by atoms with E-state index < -0.39 is 16.7 Å². The number of nitriles is 1. The number of hydrogen-bond acceptors (Lipinski definition) is 4. The number of allylic oxidation sites excluding steroid dienone is 1. The van der Waals surface area contributed by atoms with Crippen LogP contribution in [0.15, 0.2) is 33.2 Å². The van der Waals surface area contributed by atoms with E-state index in [9.17, 15) is 13.9 Å². The first-order chi connectivity index (χ1) is 9.30. The second kappa shape index (κ2) is 5.39. The average Bonchev–Trinajstić information content (AvgIpc) is 2.55. The van der Waals surface area contributed by atoms with E-state index in [0.29, 0.717) is 10.0 Å². The largest absolute Gasteiger partial charge is 0.277 e. The Kier molecular flexibility index (Phi) is 4.14. The van der Waals surface area contributed by atoms with Gasteiger partial charge >= 0.3 is 0 Å². The fourth-order valence-corrected chi connectivity index (χ4v) is 4.15. The van der Waals surface area contributed by atoms with E-state index in [4.69, 9.17) is 16.9 Å². The Morgan fingerprint density at radius 1 is 1.60 bits per heavy atom. The molecular formula is C12H10BrClN2O3S. The van der Waals surface area contributed by atoms with Crippen molar-refractivity contribution in [2.45, 2.75) is 11.8 Å². The maximum atomic E-state index is 12.3. The van der Waals surface area contributed by atoms with Crippen LogP contribution in [0.25, 0.3) is 0 Å². The number of fused-ring (bicyclic) bond motifs is 1. The van der Waals surface area contributed by atoms with Gasteiger partial charge in [-0.3, -0.25) is 13.9 Å². The van der Waals surface area contributed by atoms with Crippen LogP contribution in [0, 0.1) is 11.3 Å². The van der Waals surface area contributed by atoms with Crippen LogP contribution in [-0.2, 0) is 0 Å². The van der Waals surface area contributed by atoms with Crippen molar-refractivity contribution in [2.75, 3.05) is 6.54 Å². The molecule has 1 aromatic rings. The van der Waals surface area contributed by atoms with Crippen LogP contribution < -0.4 is 0 Å². The van der Waals surface area contributed by atoms with Gasteiger partial charge in [-0.15, -0.1) is 0 Å². The van der Waals surface area contributed by atoms with Crippen molar-refractivity contribution in [3.05, 3.63) is 38.8 Å². The van der Waals surface area contributed by atoms with E-state index in [-0.39, 0.29) is 22.0 Å². The highest BCUT2D eigenvalue weighted by molar-refractivity contribution is 9.10. The standard InChI is InChI=1S/C12H10BrClN2O3S/c1-7(4-5-15)6-16-12(17)10-9(20(16,18)19)3-2-8(13)11(10)14/h2-4,18-19H,6H2,1H3/b7-4+. The zero-order valence-electron chi connectivity index (χ0n) is 10.3. The van der Waals surface area contributed by atoms with Gasteiger partial charge in [0, 0.05) is 10.5 Å². The summed E-state index contributed by atoms with van der Waals surface area (Å²) in [7, 11) is -3.42. The van der Waals surface area contributed by atoms with Crippen LogP contribution in [0.1, 0.15) is 17.3 Å². The number of amides is 1. The normalized spacial score (nSPS) is 18.7. The number of benzene rings is 1. The number of carbonyl (C=O) groups is 1. The minimum Gasteiger partial charge on any atom is -0.277 e. The molecule has 1 aliphatic rings. The number of nitrogens with zero attached hydrogens (tertiary/aromatic N) is 2. The SMILES string of the molecule is C/C(=C\C#N)CN1C(=O)c2c(ccc(Br)c2Cl)S1(O)O. The van der Waals surface area contributed by atoms with Gasteiger partial charge in [-0.05, 0) is 40.6 Å². The van der Waals surface area contributed by atoms with Crippen molar-refractivity contribution in [3.8, 4) is 6.07 Å². The Hall–Kier alpha value is -1.04. The van der Waals surface area contributed by atoms with Gasteiger partial charge in [0.2, 0.25) is 0 Å². The first-order valence-corrected chi connectivity index (χ1v) is 8.11. The molecule has 1 heterocycles. The van der Waals surface area contributed by atoms with Crippen molar-refractivity contribution in [1.82, 2.24) is 4.31 Å². The molecule has 0 atom stereocenters. The Morgan fingerprint density at radius 2 is 2.25 bits per heavy atom. The predicted molar refractivity (Wildman–Crippen MR) is 80.7 cm³/mol. The Morgan fingerprint density at radius 3 is 2.85 bits per heavy atom. The molecule has 20 heavy (non-hydrogen) atoms. The molecule has 106 valence electrons. The highest BCUT2D eigenvalue weighted by atomic mass is 79.9. The predicted octanol–water partition coefficient (Wildman–Crippen LogP) is 4.05. The summed E-state index contributed by atoms with van der Waals surface area (Å²) in [4.78, 5) is 12.4. The zero-order chi connectivity index (χ0) is 15.1. The van der Waals surface area contributed by atoms with Crippen molar-refractivity contribution in [3.63, 3.8) is 0 Å². The second-order valence-electron chi connectivity index (χ2n) is 4.21. The molecule has 2 N–H and O–H groups in total. The summed E-state index contributed by atoms with van der Waals surface area (Å²) in [5.74, 6) is -0.558. The van der Waals surface area contributed by atoms with E-state index >= 15 is 0 Å². The number of halogens is 2. The van der Waals surface area contributed by atoms with Gasteiger partial charge in [0.05, 0.1) is 28.1 Å². The summed E-state index contributed by atoms with van der Waals surface area (Å²) in [5, 5.41) is 8.74. The molecule has 1 amide bonds. The molecule has 0 fully saturated rings. The van der Waals surface area contributed by atoms with Gasteiger partial charge in [0.1, 0.15) is 0 Å². The molecule has 0 saturated carbocycles. The maximum absolute atomic E-state index is 12.3. The molecule has 0 saturated heterocycles. The lowest BCUT2D eigenvalue weighted by Crippen LogP contribution is -2.29. The Labute approximate surface area is 131 Å². The molecule has 0 aliphatic carbocycles.